The Morgan fingerprint density at radius 1 is 1.00 bits per heavy atom. The van der Waals surface area contributed by atoms with Crippen LogP contribution in [0, 0.1) is 13.8 Å². The lowest BCUT2D eigenvalue weighted by molar-refractivity contribution is -0.137. The van der Waals surface area contributed by atoms with Gasteiger partial charge in [-0.1, -0.05) is 17.3 Å². The molecule has 0 unspecified atom stereocenters. The minimum Gasteiger partial charge on any atom is -0.508 e. The normalized spacial score (nSPS) is 12.4. The van der Waals surface area contributed by atoms with E-state index < -0.39 is 17.6 Å². The number of amidine groups is 1. The highest BCUT2D eigenvalue weighted by Gasteiger charge is 2.33. The number of nitrogens with zero attached hydrogens (tertiary/aromatic N) is 2. The Morgan fingerprint density at radius 3 is 2.07 bits per heavy atom. The third-order valence-electron chi connectivity index (χ3n) is 4.49. The number of phenolic OH excluding ortho intramolecular Hbond substituents is 1. The van der Waals surface area contributed by atoms with Crippen LogP contribution < -0.4 is 5.73 Å². The lowest BCUT2D eigenvalue weighted by Crippen LogP contribution is -2.20. The van der Waals surface area contributed by atoms with Gasteiger partial charge in [-0.05, 0) is 55.8 Å². The van der Waals surface area contributed by atoms with Crippen molar-refractivity contribution in [2.75, 3.05) is 0 Å². The highest BCUT2D eigenvalue weighted by Crippen LogP contribution is 2.39. The molecule has 146 valence electrons. The largest absolute Gasteiger partial charge is 0.508 e. The van der Waals surface area contributed by atoms with Crippen molar-refractivity contribution in [2.45, 2.75) is 20.0 Å². The van der Waals surface area contributed by atoms with Gasteiger partial charge in [-0.25, -0.2) is 0 Å². The number of halogens is 3. The molecule has 0 radical (unpaired) electrons. The second-order valence-corrected chi connectivity index (χ2v) is 6.40. The first kappa shape index (κ1) is 19.3. The van der Waals surface area contributed by atoms with E-state index in [-0.39, 0.29) is 16.9 Å². The van der Waals surface area contributed by atoms with Gasteiger partial charge in [0.05, 0.1) is 11.3 Å². The van der Waals surface area contributed by atoms with Gasteiger partial charge in [-0.3, -0.25) is 0 Å². The Labute approximate surface area is 159 Å². The molecule has 1 aromatic heterocycles. The summed E-state index contributed by atoms with van der Waals surface area (Å²) in [7, 11) is 0. The fraction of sp³-hybridized carbons (Fsp3) is 0.150. The van der Waals surface area contributed by atoms with Gasteiger partial charge in [0.25, 0.3) is 0 Å². The molecule has 3 aromatic rings. The van der Waals surface area contributed by atoms with Gasteiger partial charge in [0.15, 0.2) is 5.84 Å². The summed E-state index contributed by atoms with van der Waals surface area (Å²) in [6, 6.07) is 11.3. The topological polar surface area (TPSA) is 83.8 Å². The van der Waals surface area contributed by atoms with E-state index in [0.29, 0.717) is 11.3 Å². The van der Waals surface area contributed by atoms with E-state index in [0.717, 1.165) is 23.5 Å². The summed E-state index contributed by atoms with van der Waals surface area (Å²) in [6.45, 7) is 3.61. The van der Waals surface area contributed by atoms with E-state index in [9.17, 15) is 23.5 Å². The number of hydrogen-bond acceptors (Lipinski definition) is 3. The lowest BCUT2D eigenvalue weighted by atomic mass is 9.95. The summed E-state index contributed by atoms with van der Waals surface area (Å²) in [4.78, 5) is 0. The molecule has 0 saturated carbocycles. The Hall–Kier alpha value is -3.42. The highest BCUT2D eigenvalue weighted by atomic mass is 19.4. The number of hydrogen-bond donors (Lipinski definition) is 3. The van der Waals surface area contributed by atoms with Gasteiger partial charge in [-0.2, -0.15) is 13.2 Å². The summed E-state index contributed by atoms with van der Waals surface area (Å²) < 4.78 is 42.4. The van der Waals surface area contributed by atoms with Crippen molar-refractivity contribution in [1.82, 2.24) is 4.57 Å². The number of alkyl halides is 3. The van der Waals surface area contributed by atoms with Crippen LogP contribution in [0.25, 0.3) is 16.8 Å². The van der Waals surface area contributed by atoms with Crippen molar-refractivity contribution in [1.29, 1.82) is 0 Å². The average Bonchev–Trinajstić information content (AvgIpc) is 2.98. The van der Waals surface area contributed by atoms with Crippen LogP contribution in [-0.4, -0.2) is 20.7 Å². The first-order chi connectivity index (χ1) is 13.1. The third-order valence-corrected chi connectivity index (χ3v) is 4.49. The highest BCUT2D eigenvalue weighted by molar-refractivity contribution is 6.03. The van der Waals surface area contributed by atoms with Crippen LogP contribution in [0.2, 0.25) is 0 Å². The molecule has 4 N–H and O–H groups in total. The van der Waals surface area contributed by atoms with Gasteiger partial charge in [0.2, 0.25) is 0 Å². The summed E-state index contributed by atoms with van der Waals surface area (Å²) in [6.07, 6.45) is -4.63. The molecule has 0 atom stereocenters. The zero-order valence-corrected chi connectivity index (χ0v) is 15.1. The zero-order valence-electron chi connectivity index (χ0n) is 15.1. The first-order valence-corrected chi connectivity index (χ1v) is 8.31. The molecule has 0 aliphatic carbocycles. The van der Waals surface area contributed by atoms with Crippen LogP contribution in [-0.2, 0) is 6.18 Å². The maximum Gasteiger partial charge on any atom is 0.416 e. The van der Waals surface area contributed by atoms with Gasteiger partial charge < -0.3 is 20.6 Å². The molecular formula is C20H18F3N3O2. The average molecular weight is 389 g/mol. The predicted molar refractivity (Wildman–Crippen MR) is 99.9 cm³/mol. The van der Waals surface area contributed by atoms with Crippen molar-refractivity contribution < 1.29 is 23.5 Å². The Kier molecular flexibility index (Phi) is 4.80. The quantitative estimate of drug-likeness (QED) is 0.265. The van der Waals surface area contributed by atoms with Crippen molar-refractivity contribution in [3.63, 3.8) is 0 Å². The van der Waals surface area contributed by atoms with E-state index in [1.54, 1.807) is 18.4 Å². The van der Waals surface area contributed by atoms with Crippen molar-refractivity contribution >= 4 is 5.84 Å². The molecular weight excluding hydrogens is 371 g/mol. The van der Waals surface area contributed by atoms with Crippen LogP contribution >= 0.6 is 0 Å². The SMILES string of the molecule is Cc1ccc(C)n1-c1c(/C(N)=N\O)cc(C(F)(F)F)cc1-c1ccc(O)cc1. The van der Waals surface area contributed by atoms with Crippen LogP contribution in [0.15, 0.2) is 53.7 Å². The number of nitrogens with two attached hydrogens (primary N) is 1. The van der Waals surface area contributed by atoms with E-state index in [4.69, 9.17) is 5.73 Å². The molecule has 8 heteroatoms. The maximum atomic E-state index is 13.5. The molecule has 0 saturated heterocycles. The number of oxime groups is 1. The lowest BCUT2D eigenvalue weighted by Gasteiger charge is -2.21. The summed E-state index contributed by atoms with van der Waals surface area (Å²) in [5.74, 6) is -0.448. The maximum absolute atomic E-state index is 13.5. The number of aryl methyl sites for hydroxylation is 2. The summed E-state index contributed by atoms with van der Waals surface area (Å²) >= 11 is 0. The molecule has 28 heavy (non-hydrogen) atoms. The van der Waals surface area contributed by atoms with Gasteiger partial charge in [0.1, 0.15) is 5.75 Å². The predicted octanol–water partition coefficient (Wildman–Crippen LogP) is 4.58. The van der Waals surface area contributed by atoms with Crippen molar-refractivity contribution in [3.05, 3.63) is 71.0 Å². The summed E-state index contributed by atoms with van der Waals surface area (Å²) in [5.41, 5.74) is 7.35. The van der Waals surface area contributed by atoms with Gasteiger partial charge >= 0.3 is 6.18 Å². The molecule has 0 fully saturated rings. The third kappa shape index (κ3) is 3.40. The molecule has 3 rings (SSSR count). The van der Waals surface area contributed by atoms with Gasteiger partial charge in [0, 0.05) is 22.5 Å². The smallest absolute Gasteiger partial charge is 0.416 e. The van der Waals surface area contributed by atoms with Crippen LogP contribution in [0.4, 0.5) is 13.2 Å². The molecule has 0 bridgehead atoms. The Bertz CT molecular complexity index is 1030. The fourth-order valence-corrected chi connectivity index (χ4v) is 3.17. The molecule has 0 amide bonds. The Balaban J connectivity index is 2.48. The van der Waals surface area contributed by atoms with Crippen LogP contribution in [0.1, 0.15) is 22.5 Å². The van der Waals surface area contributed by atoms with E-state index in [1.165, 1.54) is 24.3 Å². The van der Waals surface area contributed by atoms with E-state index in [2.05, 4.69) is 5.16 Å². The second-order valence-electron chi connectivity index (χ2n) is 6.40. The van der Waals surface area contributed by atoms with Crippen molar-refractivity contribution in [3.8, 4) is 22.6 Å². The van der Waals surface area contributed by atoms with Crippen LogP contribution in [0.5, 0.6) is 5.75 Å². The monoisotopic (exact) mass is 389 g/mol. The van der Waals surface area contributed by atoms with Crippen LogP contribution in [0.3, 0.4) is 0 Å². The number of aromatic hydroxyl groups is 1. The standard InChI is InChI=1S/C20H18F3N3O2/c1-11-3-4-12(2)26(11)18-16(13-5-7-15(27)8-6-13)9-14(20(21,22)23)10-17(18)19(24)25-28/h3-10,27-28H,1-2H3,(H2,24,25). The molecule has 0 spiro atoms. The minimum absolute atomic E-state index is 0.0118. The zero-order chi connectivity index (χ0) is 20.6. The number of phenols is 1. The molecule has 2 aromatic carbocycles. The fourth-order valence-electron chi connectivity index (χ4n) is 3.17. The van der Waals surface area contributed by atoms with Gasteiger partial charge in [-0.15, -0.1) is 0 Å². The molecule has 0 aliphatic rings. The molecule has 0 aliphatic heterocycles. The number of rotatable bonds is 3. The second kappa shape index (κ2) is 6.95. The minimum atomic E-state index is -4.63. The Morgan fingerprint density at radius 2 is 1.57 bits per heavy atom. The molecule has 1 heterocycles. The van der Waals surface area contributed by atoms with Crippen molar-refractivity contribution in [2.24, 2.45) is 10.9 Å². The molecule has 5 nitrogen and oxygen atoms in total. The van der Waals surface area contributed by atoms with E-state index >= 15 is 0 Å². The number of benzene rings is 2. The summed E-state index contributed by atoms with van der Waals surface area (Å²) in [5, 5.41) is 21.7. The first-order valence-electron chi connectivity index (χ1n) is 8.31. The number of aromatic nitrogens is 1. The van der Waals surface area contributed by atoms with E-state index in [1.807, 2.05) is 12.1 Å².